The molecule has 2 aliphatic heterocycles. The second-order valence-corrected chi connectivity index (χ2v) is 4.98. The minimum absolute atomic E-state index is 0.321. The summed E-state index contributed by atoms with van der Waals surface area (Å²) < 4.78 is 11.2. The van der Waals surface area contributed by atoms with Crippen LogP contribution in [0.2, 0.25) is 0 Å². The van der Waals surface area contributed by atoms with E-state index in [1.807, 2.05) is 12.1 Å². The van der Waals surface area contributed by atoms with E-state index in [-0.39, 0.29) is 5.72 Å². The molecule has 0 saturated carbocycles. The van der Waals surface area contributed by atoms with Gasteiger partial charge in [-0.15, -0.1) is 0 Å². The third-order valence-electron chi connectivity index (χ3n) is 3.75. The van der Waals surface area contributed by atoms with Crippen LogP contribution in [0.25, 0.3) is 0 Å². The molecule has 1 unspecified atom stereocenters. The van der Waals surface area contributed by atoms with Crippen molar-refractivity contribution in [2.45, 2.75) is 18.6 Å². The lowest BCUT2D eigenvalue weighted by molar-refractivity contribution is -0.0457. The van der Waals surface area contributed by atoms with Crippen LogP contribution in [0.15, 0.2) is 18.2 Å². The molecule has 0 aliphatic carbocycles. The number of rotatable bonds is 1. The second-order valence-electron chi connectivity index (χ2n) is 4.61. The highest BCUT2D eigenvalue weighted by Gasteiger charge is 2.49. The van der Waals surface area contributed by atoms with E-state index in [1.165, 1.54) is 5.56 Å². The molecule has 1 aromatic carbocycles. The van der Waals surface area contributed by atoms with Gasteiger partial charge in [-0.25, -0.2) is 0 Å². The molecular weight excluding hydrogens is 234 g/mol. The Morgan fingerprint density at radius 3 is 2.94 bits per heavy atom. The Hall–Kier alpha value is -1.13. The van der Waals surface area contributed by atoms with Gasteiger partial charge in [0.1, 0.15) is 5.75 Å². The molecule has 0 aromatic heterocycles. The Morgan fingerprint density at radius 2 is 2.29 bits per heavy atom. The Labute approximate surface area is 106 Å². The fourth-order valence-electron chi connectivity index (χ4n) is 2.82. The minimum Gasteiger partial charge on any atom is -0.497 e. The zero-order chi connectivity index (χ0) is 12.0. The van der Waals surface area contributed by atoms with Crippen LogP contribution in [0.3, 0.4) is 0 Å². The Balaban J connectivity index is 2.14. The number of nitrogens with zero attached hydrogens (tertiary/aromatic N) is 1. The predicted octanol–water partition coefficient (Wildman–Crippen LogP) is 2.28. The predicted molar refractivity (Wildman–Crippen MR) is 69.3 cm³/mol. The number of likely N-dealkylation sites (tertiary alicyclic amines) is 1. The fraction of sp³-hybridized carbons (Fsp3) is 0.462. The lowest BCUT2D eigenvalue weighted by Crippen LogP contribution is -2.38. The van der Waals surface area contributed by atoms with Crippen molar-refractivity contribution in [2.24, 2.45) is 0 Å². The summed E-state index contributed by atoms with van der Waals surface area (Å²) in [5.41, 5.74) is 1.87. The highest BCUT2D eigenvalue weighted by molar-refractivity contribution is 7.80. The fourth-order valence-corrected chi connectivity index (χ4v) is 3.13. The van der Waals surface area contributed by atoms with E-state index < -0.39 is 0 Å². The molecule has 1 fully saturated rings. The molecule has 4 heteroatoms. The van der Waals surface area contributed by atoms with Gasteiger partial charge in [-0.1, -0.05) is 0 Å². The molecule has 3 nitrogen and oxygen atoms in total. The normalized spacial score (nSPS) is 27.3. The van der Waals surface area contributed by atoms with Crippen molar-refractivity contribution < 1.29 is 9.47 Å². The van der Waals surface area contributed by atoms with Crippen molar-refractivity contribution in [1.82, 2.24) is 4.90 Å². The first-order chi connectivity index (χ1) is 8.17. The molecule has 2 aliphatic rings. The first-order valence-corrected chi connectivity index (χ1v) is 6.21. The summed E-state index contributed by atoms with van der Waals surface area (Å²) in [4.78, 5) is 2.25. The second kappa shape index (κ2) is 3.68. The third kappa shape index (κ3) is 1.40. The van der Waals surface area contributed by atoms with E-state index in [4.69, 9.17) is 21.7 Å². The number of hydrogen-bond donors (Lipinski definition) is 0. The van der Waals surface area contributed by atoms with Crippen LogP contribution < -0.4 is 4.74 Å². The van der Waals surface area contributed by atoms with Crippen LogP contribution in [0.5, 0.6) is 5.75 Å². The van der Waals surface area contributed by atoms with Gasteiger partial charge in [0.05, 0.1) is 7.11 Å². The lowest BCUT2D eigenvalue weighted by Gasteiger charge is -2.31. The molecule has 1 aromatic rings. The lowest BCUT2D eigenvalue weighted by atomic mass is 9.97. The molecule has 3 rings (SSSR count). The topological polar surface area (TPSA) is 21.7 Å². The summed E-state index contributed by atoms with van der Waals surface area (Å²) in [6.45, 7) is 1.05. The molecule has 2 heterocycles. The van der Waals surface area contributed by atoms with Crippen LogP contribution in [0.4, 0.5) is 0 Å². The average Bonchev–Trinajstić information content (AvgIpc) is 2.83. The number of fused-ring (bicyclic) bond motifs is 2. The van der Waals surface area contributed by atoms with Crippen molar-refractivity contribution in [3.05, 3.63) is 29.3 Å². The van der Waals surface area contributed by atoms with E-state index in [9.17, 15) is 0 Å². The van der Waals surface area contributed by atoms with Gasteiger partial charge in [0.2, 0.25) is 0 Å². The van der Waals surface area contributed by atoms with Crippen LogP contribution >= 0.6 is 12.2 Å². The monoisotopic (exact) mass is 249 g/mol. The van der Waals surface area contributed by atoms with Gasteiger partial charge >= 0.3 is 0 Å². The molecule has 1 saturated heterocycles. The Bertz CT molecular complexity index is 488. The number of benzene rings is 1. The first-order valence-electron chi connectivity index (χ1n) is 5.80. The van der Waals surface area contributed by atoms with Gasteiger partial charge in [-0.05, 0) is 43.9 Å². The number of hydrogen-bond acceptors (Lipinski definition) is 4. The molecule has 90 valence electrons. The first kappa shape index (κ1) is 11.0. The van der Waals surface area contributed by atoms with Crippen LogP contribution in [0, 0.1) is 0 Å². The summed E-state index contributed by atoms with van der Waals surface area (Å²) in [5, 5.41) is 0.590. The molecule has 0 bridgehead atoms. The molecule has 1 spiro atoms. The van der Waals surface area contributed by atoms with Gasteiger partial charge in [0, 0.05) is 24.1 Å². The minimum atomic E-state index is -0.321. The summed E-state index contributed by atoms with van der Waals surface area (Å²) >= 11 is 5.34. The van der Waals surface area contributed by atoms with Crippen molar-refractivity contribution in [1.29, 1.82) is 0 Å². The standard InChI is InChI=1S/C13H15NO2S/c1-14-7-3-6-13(14)11-5-4-9(15-2)8-10(11)12(17)16-13/h4-5,8H,3,6-7H2,1-2H3. The quantitative estimate of drug-likeness (QED) is 0.712. The van der Waals surface area contributed by atoms with E-state index in [1.54, 1.807) is 7.11 Å². The molecule has 0 radical (unpaired) electrons. The van der Waals surface area contributed by atoms with Gasteiger partial charge in [-0.3, -0.25) is 4.90 Å². The summed E-state index contributed by atoms with van der Waals surface area (Å²) in [6.07, 6.45) is 2.15. The number of thiocarbonyl (C=S) groups is 1. The maximum atomic E-state index is 5.99. The van der Waals surface area contributed by atoms with E-state index in [0.717, 1.165) is 30.7 Å². The zero-order valence-electron chi connectivity index (χ0n) is 10.0. The Kier molecular flexibility index (Phi) is 2.38. The molecule has 1 atom stereocenters. The summed E-state index contributed by atoms with van der Waals surface area (Å²) in [5.74, 6) is 0.826. The highest BCUT2D eigenvalue weighted by Crippen LogP contribution is 2.46. The molecule has 0 amide bonds. The number of ether oxygens (including phenoxy) is 2. The largest absolute Gasteiger partial charge is 0.497 e. The van der Waals surface area contributed by atoms with Crippen molar-refractivity contribution >= 4 is 17.3 Å². The number of methoxy groups -OCH3 is 1. The van der Waals surface area contributed by atoms with Gasteiger partial charge in [-0.2, -0.15) is 0 Å². The van der Waals surface area contributed by atoms with Crippen molar-refractivity contribution in [3.63, 3.8) is 0 Å². The zero-order valence-corrected chi connectivity index (χ0v) is 10.8. The molecular formula is C13H15NO2S. The van der Waals surface area contributed by atoms with Crippen LogP contribution in [0.1, 0.15) is 24.0 Å². The van der Waals surface area contributed by atoms with Crippen LogP contribution in [-0.4, -0.2) is 30.7 Å². The summed E-state index contributed by atoms with van der Waals surface area (Å²) in [7, 11) is 3.76. The molecule has 17 heavy (non-hydrogen) atoms. The smallest absolute Gasteiger partial charge is 0.194 e. The van der Waals surface area contributed by atoms with Gasteiger partial charge in [0.15, 0.2) is 10.8 Å². The van der Waals surface area contributed by atoms with E-state index in [2.05, 4.69) is 18.0 Å². The highest BCUT2D eigenvalue weighted by atomic mass is 32.1. The Morgan fingerprint density at radius 1 is 1.47 bits per heavy atom. The van der Waals surface area contributed by atoms with E-state index >= 15 is 0 Å². The maximum absolute atomic E-state index is 5.99. The maximum Gasteiger partial charge on any atom is 0.194 e. The van der Waals surface area contributed by atoms with Crippen LogP contribution in [-0.2, 0) is 10.5 Å². The van der Waals surface area contributed by atoms with E-state index in [0.29, 0.717) is 5.05 Å². The third-order valence-corrected chi connectivity index (χ3v) is 4.06. The summed E-state index contributed by atoms with van der Waals surface area (Å²) in [6, 6.07) is 6.03. The van der Waals surface area contributed by atoms with Crippen molar-refractivity contribution in [2.75, 3.05) is 20.7 Å². The van der Waals surface area contributed by atoms with Gasteiger partial charge in [0.25, 0.3) is 0 Å². The van der Waals surface area contributed by atoms with Crippen molar-refractivity contribution in [3.8, 4) is 5.75 Å². The molecule has 0 N–H and O–H groups in total. The van der Waals surface area contributed by atoms with Gasteiger partial charge < -0.3 is 9.47 Å². The SMILES string of the molecule is COc1ccc2c(c1)C(=S)OC21CCCN1C. The average molecular weight is 249 g/mol.